The summed E-state index contributed by atoms with van der Waals surface area (Å²) in [6, 6.07) is 4.03. The highest BCUT2D eigenvalue weighted by Crippen LogP contribution is 2.39. The molecular formula is C14H20OS. The summed E-state index contributed by atoms with van der Waals surface area (Å²) in [4.78, 5) is 14.4. The maximum atomic E-state index is 12.2. The lowest BCUT2D eigenvalue weighted by Gasteiger charge is -2.33. The van der Waals surface area contributed by atoms with Gasteiger partial charge in [-0.15, -0.1) is 11.3 Å². The van der Waals surface area contributed by atoms with Crippen LogP contribution in [0.3, 0.4) is 0 Å². The van der Waals surface area contributed by atoms with E-state index in [0.717, 1.165) is 17.7 Å². The van der Waals surface area contributed by atoms with E-state index in [1.807, 2.05) is 12.1 Å². The summed E-state index contributed by atoms with van der Waals surface area (Å²) in [5, 5.41) is 0. The van der Waals surface area contributed by atoms with Gasteiger partial charge in [-0.2, -0.15) is 0 Å². The predicted molar refractivity (Wildman–Crippen MR) is 69.1 cm³/mol. The largest absolute Gasteiger partial charge is 0.293 e. The highest BCUT2D eigenvalue weighted by atomic mass is 32.1. The van der Waals surface area contributed by atoms with Crippen LogP contribution in [0.1, 0.15) is 54.1 Å². The third kappa shape index (κ3) is 2.54. The van der Waals surface area contributed by atoms with Crippen molar-refractivity contribution in [3.63, 3.8) is 0 Å². The predicted octanol–water partition coefficient (Wildman–Crippen LogP) is 4.46. The molecule has 0 spiro atoms. The highest BCUT2D eigenvalue weighted by Gasteiger charge is 2.31. The van der Waals surface area contributed by atoms with Gasteiger partial charge >= 0.3 is 0 Å². The molecule has 1 aromatic heterocycles. The Balaban J connectivity index is 2.02. The Morgan fingerprint density at radius 1 is 1.31 bits per heavy atom. The third-order valence-electron chi connectivity index (χ3n) is 3.69. The standard InChI is InChI=1S/C14H20OS/c1-10-4-5-12(16-10)13(15)11-6-8-14(2,3)9-7-11/h4-5,11H,6-9H2,1-3H3. The van der Waals surface area contributed by atoms with E-state index in [2.05, 4.69) is 20.8 Å². The summed E-state index contributed by atoms with van der Waals surface area (Å²) in [5.74, 6) is 0.666. The van der Waals surface area contributed by atoms with Crippen molar-refractivity contribution in [3.8, 4) is 0 Å². The van der Waals surface area contributed by atoms with Crippen LogP contribution in [-0.4, -0.2) is 5.78 Å². The van der Waals surface area contributed by atoms with Gasteiger partial charge in [-0.3, -0.25) is 4.79 Å². The molecule has 2 heteroatoms. The normalized spacial score (nSPS) is 20.9. The molecule has 0 radical (unpaired) electrons. The van der Waals surface area contributed by atoms with Crippen molar-refractivity contribution >= 4 is 17.1 Å². The van der Waals surface area contributed by atoms with Crippen LogP contribution in [0.2, 0.25) is 0 Å². The van der Waals surface area contributed by atoms with Crippen LogP contribution in [0.4, 0.5) is 0 Å². The van der Waals surface area contributed by atoms with Crippen LogP contribution in [-0.2, 0) is 0 Å². The van der Waals surface area contributed by atoms with Crippen LogP contribution >= 0.6 is 11.3 Å². The van der Waals surface area contributed by atoms with Gasteiger partial charge in [0.15, 0.2) is 5.78 Å². The molecule has 1 fully saturated rings. The zero-order valence-corrected chi connectivity index (χ0v) is 11.2. The van der Waals surface area contributed by atoms with Crippen LogP contribution in [0.25, 0.3) is 0 Å². The monoisotopic (exact) mass is 236 g/mol. The third-order valence-corrected chi connectivity index (χ3v) is 4.71. The summed E-state index contributed by atoms with van der Waals surface area (Å²) in [5.41, 5.74) is 0.447. The number of ketones is 1. The van der Waals surface area contributed by atoms with Gasteiger partial charge in [-0.25, -0.2) is 0 Å². The molecule has 0 unspecified atom stereocenters. The molecule has 0 bridgehead atoms. The number of rotatable bonds is 2. The first-order valence-corrected chi connectivity index (χ1v) is 6.90. The van der Waals surface area contributed by atoms with Gasteiger partial charge < -0.3 is 0 Å². The first-order chi connectivity index (χ1) is 7.48. The van der Waals surface area contributed by atoms with Crippen molar-refractivity contribution < 1.29 is 4.79 Å². The Morgan fingerprint density at radius 3 is 2.44 bits per heavy atom. The number of hydrogen-bond donors (Lipinski definition) is 0. The average molecular weight is 236 g/mol. The van der Waals surface area contributed by atoms with E-state index in [1.54, 1.807) is 11.3 Å². The maximum absolute atomic E-state index is 12.2. The molecule has 0 saturated heterocycles. The number of thiophene rings is 1. The number of aryl methyl sites for hydroxylation is 1. The minimum absolute atomic E-state index is 0.283. The lowest BCUT2D eigenvalue weighted by molar-refractivity contribution is 0.0842. The molecule has 88 valence electrons. The Morgan fingerprint density at radius 2 is 1.94 bits per heavy atom. The number of carbonyl (C=O) groups excluding carboxylic acids is 1. The van der Waals surface area contributed by atoms with Crippen molar-refractivity contribution in [2.45, 2.75) is 46.5 Å². The topological polar surface area (TPSA) is 17.1 Å². The summed E-state index contributed by atoms with van der Waals surface area (Å²) in [6.07, 6.45) is 4.52. The fourth-order valence-electron chi connectivity index (χ4n) is 2.43. The molecule has 2 rings (SSSR count). The van der Waals surface area contributed by atoms with Gasteiger partial charge in [0.25, 0.3) is 0 Å². The summed E-state index contributed by atoms with van der Waals surface area (Å²) < 4.78 is 0. The molecule has 1 aliphatic rings. The van der Waals surface area contributed by atoms with E-state index in [0.29, 0.717) is 11.2 Å². The minimum Gasteiger partial charge on any atom is -0.293 e. The molecule has 0 N–H and O–H groups in total. The maximum Gasteiger partial charge on any atom is 0.175 e. The quantitative estimate of drug-likeness (QED) is 0.693. The van der Waals surface area contributed by atoms with Gasteiger partial charge in [0.05, 0.1) is 4.88 Å². The zero-order valence-electron chi connectivity index (χ0n) is 10.4. The second-order valence-electron chi connectivity index (χ2n) is 5.71. The second-order valence-corrected chi connectivity index (χ2v) is 7.00. The number of hydrogen-bond acceptors (Lipinski definition) is 2. The van der Waals surface area contributed by atoms with E-state index in [4.69, 9.17) is 0 Å². The van der Waals surface area contributed by atoms with Gasteiger partial charge in [-0.05, 0) is 50.2 Å². The second kappa shape index (κ2) is 4.33. The summed E-state index contributed by atoms with van der Waals surface area (Å²) in [6.45, 7) is 6.68. The van der Waals surface area contributed by atoms with Crippen molar-refractivity contribution in [2.24, 2.45) is 11.3 Å². The van der Waals surface area contributed by atoms with E-state index >= 15 is 0 Å². The van der Waals surface area contributed by atoms with E-state index < -0.39 is 0 Å². The molecule has 1 aliphatic carbocycles. The smallest absolute Gasteiger partial charge is 0.175 e. The lowest BCUT2D eigenvalue weighted by Crippen LogP contribution is -2.25. The molecule has 1 aromatic rings. The SMILES string of the molecule is Cc1ccc(C(=O)C2CCC(C)(C)CC2)s1. The molecule has 0 aliphatic heterocycles. The van der Waals surface area contributed by atoms with Crippen LogP contribution in [0.15, 0.2) is 12.1 Å². The van der Waals surface area contributed by atoms with Crippen molar-refractivity contribution in [1.82, 2.24) is 0 Å². The first kappa shape index (κ1) is 11.8. The highest BCUT2D eigenvalue weighted by molar-refractivity contribution is 7.14. The molecule has 1 saturated carbocycles. The fourth-order valence-corrected chi connectivity index (χ4v) is 3.32. The Bertz CT molecular complexity index is 379. The van der Waals surface area contributed by atoms with E-state index in [9.17, 15) is 4.79 Å². The molecule has 0 atom stereocenters. The first-order valence-electron chi connectivity index (χ1n) is 6.09. The van der Waals surface area contributed by atoms with Gasteiger partial charge in [0.2, 0.25) is 0 Å². The van der Waals surface area contributed by atoms with E-state index in [1.165, 1.54) is 17.7 Å². The van der Waals surface area contributed by atoms with Crippen LogP contribution in [0.5, 0.6) is 0 Å². The van der Waals surface area contributed by atoms with Gasteiger partial charge in [0.1, 0.15) is 0 Å². The summed E-state index contributed by atoms with van der Waals surface area (Å²) in [7, 11) is 0. The van der Waals surface area contributed by atoms with Gasteiger partial charge in [0, 0.05) is 10.8 Å². The molecule has 1 heterocycles. The molecule has 1 nitrogen and oxygen atoms in total. The van der Waals surface area contributed by atoms with E-state index in [-0.39, 0.29) is 5.92 Å². The Kier molecular flexibility index (Phi) is 3.20. The molecule has 0 aromatic carbocycles. The minimum atomic E-state index is 0.283. The van der Waals surface area contributed by atoms with Crippen molar-refractivity contribution in [2.75, 3.05) is 0 Å². The summed E-state index contributed by atoms with van der Waals surface area (Å²) >= 11 is 1.64. The number of Topliss-reactive ketones (excluding diaryl/α,β-unsaturated/α-hetero) is 1. The Labute approximate surface area is 102 Å². The lowest BCUT2D eigenvalue weighted by atomic mass is 9.72. The molecule has 16 heavy (non-hydrogen) atoms. The fraction of sp³-hybridized carbons (Fsp3) is 0.643. The van der Waals surface area contributed by atoms with Crippen LogP contribution in [0, 0.1) is 18.3 Å². The van der Waals surface area contributed by atoms with Crippen LogP contribution < -0.4 is 0 Å². The molecular weight excluding hydrogens is 216 g/mol. The van der Waals surface area contributed by atoms with Crippen molar-refractivity contribution in [1.29, 1.82) is 0 Å². The van der Waals surface area contributed by atoms with Gasteiger partial charge in [-0.1, -0.05) is 13.8 Å². The van der Waals surface area contributed by atoms with Crippen molar-refractivity contribution in [3.05, 3.63) is 21.9 Å². The average Bonchev–Trinajstić information content (AvgIpc) is 2.64. The Hall–Kier alpha value is -0.630. The number of carbonyl (C=O) groups is 1. The molecule has 0 amide bonds. The zero-order chi connectivity index (χ0) is 11.8.